The second kappa shape index (κ2) is 5.48. The van der Waals surface area contributed by atoms with Gasteiger partial charge in [0, 0.05) is 13.2 Å². The fraction of sp³-hybridized carbons (Fsp3) is 0.500. The number of benzene rings is 1. The predicted octanol–water partition coefficient (Wildman–Crippen LogP) is 2.71. The second-order valence-electron chi connectivity index (χ2n) is 4.58. The molecule has 1 saturated carbocycles. The Kier molecular flexibility index (Phi) is 3.94. The Labute approximate surface area is 108 Å². The van der Waals surface area contributed by atoms with Crippen LogP contribution in [-0.2, 0) is 4.74 Å². The minimum absolute atomic E-state index is 0.205. The van der Waals surface area contributed by atoms with Crippen LogP contribution in [0, 0.1) is 27.7 Å². The fourth-order valence-electron chi connectivity index (χ4n) is 2.01. The van der Waals surface area contributed by atoms with Crippen molar-refractivity contribution in [3.8, 4) is 0 Å². The Hall–Kier alpha value is -1.76. The van der Waals surface area contributed by atoms with E-state index in [1.807, 2.05) is 0 Å². The molecule has 1 aliphatic carbocycles. The average Bonchev–Trinajstić information content (AvgIpc) is 3.14. The molecule has 2 rings (SSSR count). The van der Waals surface area contributed by atoms with Crippen LogP contribution in [0.1, 0.15) is 12.8 Å². The zero-order valence-electron chi connectivity index (χ0n) is 10.4. The van der Waals surface area contributed by atoms with Gasteiger partial charge in [-0.05, 0) is 18.8 Å². The summed E-state index contributed by atoms with van der Waals surface area (Å²) in [6, 6.07) is 1.14. The van der Waals surface area contributed by atoms with E-state index in [-0.39, 0.29) is 11.7 Å². The quantitative estimate of drug-likeness (QED) is 0.638. The molecular formula is C12H14F2N2O3. The van der Waals surface area contributed by atoms with Gasteiger partial charge in [0.25, 0.3) is 5.69 Å². The van der Waals surface area contributed by atoms with Gasteiger partial charge in [0.1, 0.15) is 11.5 Å². The third-order valence-corrected chi connectivity index (χ3v) is 3.10. The van der Waals surface area contributed by atoms with E-state index in [0.29, 0.717) is 24.7 Å². The van der Waals surface area contributed by atoms with Crippen LogP contribution < -0.4 is 5.32 Å². The molecule has 1 atom stereocenters. The van der Waals surface area contributed by atoms with Crippen LogP contribution in [0.25, 0.3) is 0 Å². The summed E-state index contributed by atoms with van der Waals surface area (Å²) in [5, 5.41) is 13.6. The monoisotopic (exact) mass is 272 g/mol. The van der Waals surface area contributed by atoms with Crippen LogP contribution in [0.3, 0.4) is 0 Å². The van der Waals surface area contributed by atoms with E-state index in [1.54, 1.807) is 0 Å². The van der Waals surface area contributed by atoms with Crippen molar-refractivity contribution < 1.29 is 18.4 Å². The van der Waals surface area contributed by atoms with E-state index in [4.69, 9.17) is 4.74 Å². The van der Waals surface area contributed by atoms with Gasteiger partial charge < -0.3 is 10.1 Å². The van der Waals surface area contributed by atoms with Gasteiger partial charge in [-0.3, -0.25) is 10.1 Å². The molecule has 1 aliphatic rings. The first kappa shape index (κ1) is 13.7. The summed E-state index contributed by atoms with van der Waals surface area (Å²) in [5.41, 5.74) is -0.875. The first-order chi connectivity index (χ1) is 9.02. The van der Waals surface area contributed by atoms with E-state index >= 15 is 0 Å². The zero-order valence-corrected chi connectivity index (χ0v) is 10.4. The maximum atomic E-state index is 13.7. The highest BCUT2D eigenvalue weighted by Gasteiger charge is 2.33. The number of halogens is 2. The Balaban J connectivity index is 2.29. The van der Waals surface area contributed by atoms with E-state index < -0.39 is 22.2 Å². The number of anilines is 1. The Morgan fingerprint density at radius 3 is 2.74 bits per heavy atom. The zero-order chi connectivity index (χ0) is 14.0. The molecule has 7 heteroatoms. The van der Waals surface area contributed by atoms with Crippen molar-refractivity contribution in [1.29, 1.82) is 0 Å². The lowest BCUT2D eigenvalue weighted by molar-refractivity contribution is -0.384. The number of methoxy groups -OCH3 is 1. The third kappa shape index (κ3) is 3.17. The number of nitro benzene ring substituents is 1. The van der Waals surface area contributed by atoms with E-state index in [0.717, 1.165) is 12.8 Å². The topological polar surface area (TPSA) is 64.4 Å². The molecule has 1 unspecified atom stereocenters. The third-order valence-electron chi connectivity index (χ3n) is 3.10. The maximum absolute atomic E-state index is 13.7. The number of nitrogens with zero attached hydrogens (tertiary/aromatic N) is 1. The smallest absolute Gasteiger partial charge is 0.298 e. The molecule has 104 valence electrons. The SMILES string of the molecule is COCC(Nc1c(F)cc(F)cc1[N+](=O)[O-])C1CC1. The number of hydrogen-bond donors (Lipinski definition) is 1. The van der Waals surface area contributed by atoms with Gasteiger partial charge in [0.2, 0.25) is 0 Å². The maximum Gasteiger partial charge on any atom is 0.298 e. The van der Waals surface area contributed by atoms with Crippen molar-refractivity contribution in [2.24, 2.45) is 5.92 Å². The van der Waals surface area contributed by atoms with Crippen LogP contribution >= 0.6 is 0 Å². The first-order valence-corrected chi connectivity index (χ1v) is 5.92. The highest BCUT2D eigenvalue weighted by molar-refractivity contribution is 5.63. The molecule has 0 amide bonds. The molecule has 1 fully saturated rings. The van der Waals surface area contributed by atoms with Crippen LogP contribution in [0.4, 0.5) is 20.2 Å². The molecule has 0 bridgehead atoms. The van der Waals surface area contributed by atoms with Crippen LogP contribution in [0.15, 0.2) is 12.1 Å². The van der Waals surface area contributed by atoms with Crippen LogP contribution in [-0.4, -0.2) is 24.7 Å². The summed E-state index contributed by atoms with van der Waals surface area (Å²) >= 11 is 0. The standard InChI is InChI=1S/C12H14F2N2O3/c1-19-6-10(7-2-3-7)15-12-9(14)4-8(13)5-11(12)16(17)18/h4-5,7,10,15H,2-3,6H2,1H3. The first-order valence-electron chi connectivity index (χ1n) is 5.92. The molecule has 1 aromatic rings. The molecule has 0 radical (unpaired) electrons. The van der Waals surface area contributed by atoms with E-state index in [1.165, 1.54) is 7.11 Å². The molecule has 0 aliphatic heterocycles. The summed E-state index contributed by atoms with van der Waals surface area (Å²) < 4.78 is 31.7. The van der Waals surface area contributed by atoms with Gasteiger partial charge in [0.15, 0.2) is 5.82 Å². The molecule has 1 N–H and O–H groups in total. The lowest BCUT2D eigenvalue weighted by Gasteiger charge is -2.18. The molecular weight excluding hydrogens is 258 g/mol. The van der Waals surface area contributed by atoms with Gasteiger partial charge in [-0.1, -0.05) is 0 Å². The van der Waals surface area contributed by atoms with E-state index in [2.05, 4.69) is 5.32 Å². The summed E-state index contributed by atoms with van der Waals surface area (Å²) in [7, 11) is 1.51. The normalized spacial score (nSPS) is 16.2. The van der Waals surface area contributed by atoms with Crippen molar-refractivity contribution in [3.05, 3.63) is 33.9 Å². The van der Waals surface area contributed by atoms with Gasteiger partial charge in [0.05, 0.1) is 23.6 Å². The summed E-state index contributed by atoms with van der Waals surface area (Å²) in [5.74, 6) is -1.62. The summed E-state index contributed by atoms with van der Waals surface area (Å²) in [6.45, 7) is 0.318. The summed E-state index contributed by atoms with van der Waals surface area (Å²) in [6.07, 6.45) is 1.94. The molecule has 5 nitrogen and oxygen atoms in total. The van der Waals surface area contributed by atoms with Gasteiger partial charge in [-0.25, -0.2) is 8.78 Å². The lowest BCUT2D eigenvalue weighted by atomic mass is 10.1. The average molecular weight is 272 g/mol. The van der Waals surface area contributed by atoms with E-state index in [9.17, 15) is 18.9 Å². The number of nitrogens with one attached hydrogen (secondary N) is 1. The largest absolute Gasteiger partial charge is 0.383 e. The van der Waals surface area contributed by atoms with Crippen LogP contribution in [0.2, 0.25) is 0 Å². The molecule has 0 heterocycles. The van der Waals surface area contributed by atoms with Crippen molar-refractivity contribution in [3.63, 3.8) is 0 Å². The molecule has 0 saturated heterocycles. The minimum Gasteiger partial charge on any atom is -0.383 e. The second-order valence-corrected chi connectivity index (χ2v) is 4.58. The van der Waals surface area contributed by atoms with Crippen molar-refractivity contribution >= 4 is 11.4 Å². The van der Waals surface area contributed by atoms with Crippen molar-refractivity contribution in [2.75, 3.05) is 19.0 Å². The number of ether oxygens (including phenoxy) is 1. The molecule has 0 aromatic heterocycles. The molecule has 0 spiro atoms. The summed E-state index contributed by atoms with van der Waals surface area (Å²) in [4.78, 5) is 10.1. The highest BCUT2D eigenvalue weighted by atomic mass is 19.1. The number of rotatable bonds is 6. The molecule has 1 aromatic carbocycles. The highest BCUT2D eigenvalue weighted by Crippen LogP contribution is 2.37. The predicted molar refractivity (Wildman–Crippen MR) is 65.0 cm³/mol. The van der Waals surface area contributed by atoms with Crippen molar-refractivity contribution in [1.82, 2.24) is 0 Å². The number of nitro groups is 1. The Morgan fingerprint density at radius 2 is 2.21 bits per heavy atom. The Bertz CT molecular complexity index is 492. The minimum atomic E-state index is -0.968. The van der Waals surface area contributed by atoms with Gasteiger partial charge in [-0.2, -0.15) is 0 Å². The number of hydrogen-bond acceptors (Lipinski definition) is 4. The fourth-order valence-corrected chi connectivity index (χ4v) is 2.01. The van der Waals surface area contributed by atoms with Crippen LogP contribution in [0.5, 0.6) is 0 Å². The Morgan fingerprint density at radius 1 is 1.53 bits per heavy atom. The molecule has 19 heavy (non-hydrogen) atoms. The van der Waals surface area contributed by atoms with Gasteiger partial charge in [-0.15, -0.1) is 0 Å². The lowest BCUT2D eigenvalue weighted by Crippen LogP contribution is -2.28. The van der Waals surface area contributed by atoms with Gasteiger partial charge >= 0.3 is 0 Å². The van der Waals surface area contributed by atoms with Crippen molar-refractivity contribution in [2.45, 2.75) is 18.9 Å².